The van der Waals surface area contributed by atoms with Crippen molar-refractivity contribution in [3.05, 3.63) is 35.4 Å². The van der Waals surface area contributed by atoms with Crippen molar-refractivity contribution >= 4 is 11.8 Å². The topological polar surface area (TPSA) is 40.6 Å². The number of carbonyl (C=O) groups is 2. The molecule has 0 bridgehead atoms. The van der Waals surface area contributed by atoms with Gasteiger partial charge in [0.05, 0.1) is 5.41 Å². The average molecular weight is 342 g/mol. The number of piperidine rings is 1. The molecule has 0 aromatic heterocycles. The molecule has 4 nitrogen and oxygen atoms in total. The lowest BCUT2D eigenvalue weighted by molar-refractivity contribution is -0.146. The molecular weight excluding hydrogens is 312 g/mol. The SMILES string of the molecule is Cc1cccc(CN2CCC[C@]3(CCN(C(=O)CC(C)C)C3)C2=O)c1. The maximum Gasteiger partial charge on any atom is 0.230 e. The molecule has 136 valence electrons. The number of rotatable bonds is 4. The van der Waals surface area contributed by atoms with E-state index >= 15 is 0 Å². The number of carbonyl (C=O) groups excluding carboxylic acids is 2. The molecule has 4 heteroatoms. The summed E-state index contributed by atoms with van der Waals surface area (Å²) in [7, 11) is 0. The molecule has 0 saturated carbocycles. The van der Waals surface area contributed by atoms with Gasteiger partial charge in [0.15, 0.2) is 0 Å². The van der Waals surface area contributed by atoms with Gasteiger partial charge in [-0.1, -0.05) is 43.7 Å². The Labute approximate surface area is 151 Å². The van der Waals surface area contributed by atoms with Gasteiger partial charge >= 0.3 is 0 Å². The Morgan fingerprint density at radius 2 is 2.04 bits per heavy atom. The quantitative estimate of drug-likeness (QED) is 0.841. The highest BCUT2D eigenvalue weighted by molar-refractivity contribution is 5.86. The van der Waals surface area contributed by atoms with Gasteiger partial charge in [0, 0.05) is 32.6 Å². The molecule has 0 aliphatic carbocycles. The van der Waals surface area contributed by atoms with E-state index in [1.165, 1.54) is 11.1 Å². The third kappa shape index (κ3) is 3.88. The van der Waals surface area contributed by atoms with E-state index in [1.807, 2.05) is 9.80 Å². The van der Waals surface area contributed by atoms with Gasteiger partial charge in [-0.15, -0.1) is 0 Å². The van der Waals surface area contributed by atoms with Gasteiger partial charge in [-0.05, 0) is 37.7 Å². The summed E-state index contributed by atoms with van der Waals surface area (Å²) in [6.45, 7) is 9.07. The van der Waals surface area contributed by atoms with Gasteiger partial charge in [-0.3, -0.25) is 9.59 Å². The summed E-state index contributed by atoms with van der Waals surface area (Å²) in [5.41, 5.74) is 2.08. The number of likely N-dealkylation sites (tertiary alicyclic amines) is 2. The third-order valence-corrected chi connectivity index (χ3v) is 5.57. The predicted molar refractivity (Wildman–Crippen MR) is 98.9 cm³/mol. The summed E-state index contributed by atoms with van der Waals surface area (Å²) in [6, 6.07) is 8.38. The van der Waals surface area contributed by atoms with E-state index in [9.17, 15) is 9.59 Å². The minimum atomic E-state index is -0.339. The number of hydrogen-bond acceptors (Lipinski definition) is 2. The Hall–Kier alpha value is -1.84. The zero-order valence-corrected chi connectivity index (χ0v) is 15.8. The summed E-state index contributed by atoms with van der Waals surface area (Å²) in [4.78, 5) is 29.5. The van der Waals surface area contributed by atoms with Crippen molar-refractivity contribution < 1.29 is 9.59 Å². The second-order valence-electron chi connectivity index (χ2n) is 8.26. The fraction of sp³-hybridized carbons (Fsp3) is 0.619. The van der Waals surface area contributed by atoms with Crippen LogP contribution in [-0.2, 0) is 16.1 Å². The van der Waals surface area contributed by atoms with Crippen LogP contribution in [0, 0.1) is 18.3 Å². The molecule has 0 unspecified atom stereocenters. The summed E-state index contributed by atoms with van der Waals surface area (Å²) >= 11 is 0. The van der Waals surface area contributed by atoms with Crippen LogP contribution >= 0.6 is 0 Å². The molecule has 2 heterocycles. The fourth-order valence-electron chi connectivity index (χ4n) is 4.28. The Balaban J connectivity index is 1.69. The molecule has 2 amide bonds. The molecule has 1 aromatic rings. The van der Waals surface area contributed by atoms with Gasteiger partial charge < -0.3 is 9.80 Å². The van der Waals surface area contributed by atoms with E-state index in [0.29, 0.717) is 25.4 Å². The van der Waals surface area contributed by atoms with Crippen molar-refractivity contribution in [3.63, 3.8) is 0 Å². The summed E-state index contributed by atoms with van der Waals surface area (Å²) in [6.07, 6.45) is 3.35. The maximum atomic E-state index is 13.2. The lowest BCUT2D eigenvalue weighted by Crippen LogP contribution is -2.50. The first-order valence-electron chi connectivity index (χ1n) is 9.52. The second kappa shape index (κ2) is 7.19. The molecule has 1 aromatic carbocycles. The van der Waals surface area contributed by atoms with Gasteiger partial charge in [-0.2, -0.15) is 0 Å². The standard InChI is InChI=1S/C21H30N2O2/c1-16(2)12-19(24)23-11-9-21(15-23)8-5-10-22(20(21)25)14-18-7-4-6-17(3)13-18/h4,6-7,13,16H,5,8-12,14-15H2,1-3H3/t21-/m1/s1. The van der Waals surface area contributed by atoms with E-state index < -0.39 is 0 Å². The minimum Gasteiger partial charge on any atom is -0.342 e. The molecular formula is C21H30N2O2. The molecule has 0 radical (unpaired) electrons. The van der Waals surface area contributed by atoms with Gasteiger partial charge in [0.1, 0.15) is 0 Å². The van der Waals surface area contributed by atoms with E-state index in [4.69, 9.17) is 0 Å². The van der Waals surface area contributed by atoms with E-state index in [0.717, 1.165) is 32.4 Å². The van der Waals surface area contributed by atoms with Crippen LogP contribution < -0.4 is 0 Å². The van der Waals surface area contributed by atoms with Gasteiger partial charge in [-0.25, -0.2) is 0 Å². The third-order valence-electron chi connectivity index (χ3n) is 5.57. The molecule has 1 spiro atoms. The largest absolute Gasteiger partial charge is 0.342 e. The zero-order valence-electron chi connectivity index (χ0n) is 15.8. The Bertz CT molecular complexity index is 655. The van der Waals surface area contributed by atoms with Crippen molar-refractivity contribution in [2.24, 2.45) is 11.3 Å². The number of hydrogen-bond donors (Lipinski definition) is 0. The van der Waals surface area contributed by atoms with Crippen LogP contribution in [0.2, 0.25) is 0 Å². The average Bonchev–Trinajstić information content (AvgIpc) is 2.97. The normalized spacial score (nSPS) is 23.8. The summed E-state index contributed by atoms with van der Waals surface area (Å²) < 4.78 is 0. The second-order valence-corrected chi connectivity index (χ2v) is 8.26. The van der Waals surface area contributed by atoms with Gasteiger partial charge in [0.2, 0.25) is 11.8 Å². The lowest BCUT2D eigenvalue weighted by Gasteiger charge is -2.39. The Morgan fingerprint density at radius 3 is 2.76 bits per heavy atom. The lowest BCUT2D eigenvalue weighted by atomic mass is 9.78. The summed E-state index contributed by atoms with van der Waals surface area (Å²) in [5, 5.41) is 0. The first kappa shape index (κ1) is 18.0. The van der Waals surface area contributed by atoms with Crippen LogP contribution in [0.4, 0.5) is 0 Å². The van der Waals surface area contributed by atoms with Crippen LogP contribution in [0.25, 0.3) is 0 Å². The van der Waals surface area contributed by atoms with E-state index in [-0.39, 0.29) is 17.2 Å². The first-order valence-corrected chi connectivity index (χ1v) is 9.52. The molecule has 0 N–H and O–H groups in total. The van der Waals surface area contributed by atoms with Crippen LogP contribution in [0.5, 0.6) is 0 Å². The molecule has 2 aliphatic heterocycles. The van der Waals surface area contributed by atoms with Crippen LogP contribution in [0.3, 0.4) is 0 Å². The highest BCUT2D eigenvalue weighted by atomic mass is 16.2. The van der Waals surface area contributed by atoms with Crippen LogP contribution in [0.1, 0.15) is 50.7 Å². The molecule has 3 rings (SSSR count). The Morgan fingerprint density at radius 1 is 1.24 bits per heavy atom. The number of benzene rings is 1. The highest BCUT2D eigenvalue weighted by Crippen LogP contribution is 2.40. The van der Waals surface area contributed by atoms with Crippen molar-refractivity contribution in [3.8, 4) is 0 Å². The number of amides is 2. The van der Waals surface area contributed by atoms with Crippen LogP contribution in [-0.4, -0.2) is 41.2 Å². The zero-order chi connectivity index (χ0) is 18.0. The fourth-order valence-corrected chi connectivity index (χ4v) is 4.28. The van der Waals surface area contributed by atoms with Crippen molar-refractivity contribution in [1.82, 2.24) is 9.80 Å². The van der Waals surface area contributed by atoms with Crippen LogP contribution in [0.15, 0.2) is 24.3 Å². The van der Waals surface area contributed by atoms with Crippen molar-refractivity contribution in [1.29, 1.82) is 0 Å². The number of nitrogens with zero attached hydrogens (tertiary/aromatic N) is 2. The number of aryl methyl sites for hydroxylation is 1. The van der Waals surface area contributed by atoms with Gasteiger partial charge in [0.25, 0.3) is 0 Å². The molecule has 1 atom stereocenters. The smallest absolute Gasteiger partial charge is 0.230 e. The predicted octanol–water partition coefficient (Wildman–Crippen LogP) is 3.38. The maximum absolute atomic E-state index is 13.2. The summed E-state index contributed by atoms with van der Waals surface area (Å²) in [5.74, 6) is 0.819. The first-order chi connectivity index (χ1) is 11.9. The van der Waals surface area contributed by atoms with E-state index in [2.05, 4.69) is 45.0 Å². The highest BCUT2D eigenvalue weighted by Gasteiger charge is 2.49. The molecule has 2 saturated heterocycles. The Kier molecular flexibility index (Phi) is 5.16. The van der Waals surface area contributed by atoms with E-state index in [1.54, 1.807) is 0 Å². The molecule has 2 fully saturated rings. The monoisotopic (exact) mass is 342 g/mol. The minimum absolute atomic E-state index is 0.204. The van der Waals surface area contributed by atoms with Crippen molar-refractivity contribution in [2.45, 2.75) is 53.0 Å². The molecule has 2 aliphatic rings. The van der Waals surface area contributed by atoms with Crippen molar-refractivity contribution in [2.75, 3.05) is 19.6 Å². The molecule has 25 heavy (non-hydrogen) atoms.